The fourth-order valence-corrected chi connectivity index (χ4v) is 3.24. The van der Waals surface area contributed by atoms with E-state index in [1.54, 1.807) is 30.3 Å². The average Bonchev–Trinajstić information content (AvgIpc) is 2.73. The quantitative estimate of drug-likeness (QED) is 0.128. The van der Waals surface area contributed by atoms with Crippen molar-refractivity contribution < 1.29 is 57.8 Å². The summed E-state index contributed by atoms with van der Waals surface area (Å²) in [6.07, 6.45) is 2.77. The summed E-state index contributed by atoms with van der Waals surface area (Å²) in [5.74, 6) is -0.221. The molecule has 0 aromatic heterocycles. The number of hydrogen-bond donors (Lipinski definition) is 0. The van der Waals surface area contributed by atoms with Gasteiger partial charge in [0.15, 0.2) is 5.78 Å². The third-order valence-corrected chi connectivity index (χ3v) is 4.70. The summed E-state index contributed by atoms with van der Waals surface area (Å²) in [6.45, 7) is 0. The minimum Gasteiger partial charge on any atom is -0.736 e. The van der Waals surface area contributed by atoms with E-state index in [-0.39, 0.29) is 52.3 Å². The van der Waals surface area contributed by atoms with Gasteiger partial charge in [-0.3, -0.25) is 14.9 Å². The van der Waals surface area contributed by atoms with E-state index >= 15 is 0 Å². The van der Waals surface area contributed by atoms with Crippen molar-refractivity contribution in [2.75, 3.05) is 0 Å². The SMILES string of the molecule is O=C(C=Cc1ccc(OP(=O)([O-])Oc2ccccc2)cc1)c1cccc([N+](=O)[O-])c1.[Na+]. The molecule has 3 rings (SSSR count). The van der Waals surface area contributed by atoms with Gasteiger partial charge in [-0.25, -0.2) is 4.57 Å². The van der Waals surface area contributed by atoms with Crippen LogP contribution in [0.5, 0.6) is 11.5 Å². The number of carbonyl (C=O) groups is 1. The minimum absolute atomic E-state index is 0. The Kier molecular flexibility index (Phi) is 8.74. The molecule has 31 heavy (non-hydrogen) atoms. The summed E-state index contributed by atoms with van der Waals surface area (Å²) in [7, 11) is -4.61. The number of non-ortho nitro benzene ring substituents is 1. The molecule has 8 nitrogen and oxygen atoms in total. The molecule has 0 bridgehead atoms. The van der Waals surface area contributed by atoms with E-state index in [9.17, 15) is 24.4 Å². The predicted octanol–water partition coefficient (Wildman–Crippen LogP) is 1.42. The van der Waals surface area contributed by atoms with Crippen LogP contribution in [0.3, 0.4) is 0 Å². The van der Waals surface area contributed by atoms with Gasteiger partial charge in [-0.1, -0.05) is 48.5 Å². The van der Waals surface area contributed by atoms with Crippen LogP contribution in [0.25, 0.3) is 6.08 Å². The summed E-state index contributed by atoms with van der Waals surface area (Å²) in [5.41, 5.74) is 0.618. The molecule has 1 atom stereocenters. The van der Waals surface area contributed by atoms with Crippen LogP contribution in [-0.2, 0) is 4.57 Å². The normalized spacial score (nSPS) is 12.4. The van der Waals surface area contributed by atoms with Crippen molar-refractivity contribution in [1.82, 2.24) is 0 Å². The molecule has 152 valence electrons. The maximum absolute atomic E-state index is 12.2. The molecule has 0 aliphatic carbocycles. The van der Waals surface area contributed by atoms with Gasteiger partial charge in [0.05, 0.1) is 4.92 Å². The van der Waals surface area contributed by atoms with E-state index in [0.29, 0.717) is 5.56 Å². The zero-order valence-electron chi connectivity index (χ0n) is 16.4. The molecule has 10 heteroatoms. The van der Waals surface area contributed by atoms with Crippen molar-refractivity contribution in [3.8, 4) is 11.5 Å². The van der Waals surface area contributed by atoms with Gasteiger partial charge in [0.2, 0.25) is 0 Å². The number of ketones is 1. The van der Waals surface area contributed by atoms with Gasteiger partial charge >= 0.3 is 37.4 Å². The summed E-state index contributed by atoms with van der Waals surface area (Å²) < 4.78 is 21.8. The van der Waals surface area contributed by atoms with Crippen LogP contribution in [-0.4, -0.2) is 10.7 Å². The van der Waals surface area contributed by atoms with E-state index in [1.165, 1.54) is 60.7 Å². The van der Waals surface area contributed by atoms with Crippen LogP contribution in [0.4, 0.5) is 5.69 Å². The van der Waals surface area contributed by atoms with Crippen LogP contribution in [0, 0.1) is 10.1 Å². The predicted molar refractivity (Wildman–Crippen MR) is 108 cm³/mol. The first-order chi connectivity index (χ1) is 14.3. The number of phosphoric acid groups is 1. The molecule has 1 unspecified atom stereocenters. The number of carbonyl (C=O) groups excluding carboxylic acids is 1. The molecule has 0 spiro atoms. The molecular weight excluding hydrogens is 432 g/mol. The van der Waals surface area contributed by atoms with Gasteiger partial charge < -0.3 is 13.9 Å². The van der Waals surface area contributed by atoms with Crippen molar-refractivity contribution >= 4 is 25.4 Å². The third kappa shape index (κ3) is 7.47. The van der Waals surface area contributed by atoms with Gasteiger partial charge in [0.25, 0.3) is 5.69 Å². The van der Waals surface area contributed by atoms with Crippen LogP contribution in [0.2, 0.25) is 0 Å². The van der Waals surface area contributed by atoms with Gasteiger partial charge in [0, 0.05) is 17.7 Å². The fraction of sp³-hybridized carbons (Fsp3) is 0. The molecular formula is C21H15NNaO7P. The molecule has 0 heterocycles. The Morgan fingerprint density at radius 2 is 1.52 bits per heavy atom. The van der Waals surface area contributed by atoms with E-state index < -0.39 is 18.5 Å². The van der Waals surface area contributed by atoms with E-state index in [4.69, 9.17) is 9.05 Å². The van der Waals surface area contributed by atoms with Crippen molar-refractivity contribution in [2.24, 2.45) is 0 Å². The Hall–Kier alpha value is -2.74. The van der Waals surface area contributed by atoms with Gasteiger partial charge in [0.1, 0.15) is 11.5 Å². The standard InChI is InChI=1S/C21H16NO7P.Na/c23-21(17-5-4-6-18(15-17)22(24)25)14-11-16-9-12-20(13-10-16)29-30(26,27)28-19-7-2-1-3-8-19;/h1-15H,(H,26,27);/q;+1/p-1. The molecule has 3 aromatic rings. The maximum Gasteiger partial charge on any atom is 1.00 e. The molecule has 0 N–H and O–H groups in total. The van der Waals surface area contributed by atoms with Gasteiger partial charge in [-0.05, 0) is 35.9 Å². The maximum atomic E-state index is 12.2. The summed E-state index contributed by atoms with van der Waals surface area (Å²) >= 11 is 0. The third-order valence-electron chi connectivity index (χ3n) is 3.83. The zero-order valence-corrected chi connectivity index (χ0v) is 19.3. The summed E-state index contributed by atoms with van der Waals surface area (Å²) in [6, 6.07) is 19.3. The van der Waals surface area contributed by atoms with E-state index in [0.717, 1.165) is 0 Å². The van der Waals surface area contributed by atoms with Gasteiger partial charge in [-0.15, -0.1) is 0 Å². The van der Waals surface area contributed by atoms with Crippen LogP contribution >= 0.6 is 7.82 Å². The Labute approximate surface area is 200 Å². The smallest absolute Gasteiger partial charge is 0.736 e. The number of nitro groups is 1. The van der Waals surface area contributed by atoms with Crippen molar-refractivity contribution in [3.63, 3.8) is 0 Å². The first-order valence-corrected chi connectivity index (χ1v) is 10.1. The van der Waals surface area contributed by atoms with Crippen LogP contribution in [0.15, 0.2) is 84.9 Å². The van der Waals surface area contributed by atoms with Crippen LogP contribution in [0.1, 0.15) is 15.9 Å². The molecule has 0 aliphatic heterocycles. The number of nitrogens with zero attached hydrogens (tertiary/aromatic N) is 1. The second-order valence-corrected chi connectivity index (χ2v) is 7.28. The number of hydrogen-bond acceptors (Lipinski definition) is 7. The Balaban J connectivity index is 0.00000341. The molecule has 0 saturated heterocycles. The number of allylic oxidation sites excluding steroid dienone is 1. The molecule has 0 aliphatic rings. The zero-order chi connectivity index (χ0) is 21.6. The van der Waals surface area contributed by atoms with Crippen molar-refractivity contribution in [1.29, 1.82) is 0 Å². The first-order valence-electron chi connectivity index (χ1n) is 8.65. The molecule has 3 aromatic carbocycles. The molecule has 0 amide bonds. The minimum atomic E-state index is -4.61. The fourth-order valence-electron chi connectivity index (χ4n) is 2.44. The molecule has 0 fully saturated rings. The number of phosphoric ester groups is 1. The van der Waals surface area contributed by atoms with E-state index in [1.807, 2.05) is 0 Å². The summed E-state index contributed by atoms with van der Waals surface area (Å²) in [5, 5.41) is 10.8. The van der Waals surface area contributed by atoms with Crippen molar-refractivity contribution in [3.05, 3.63) is 106 Å². The number of nitro benzene ring substituents is 1. The Morgan fingerprint density at radius 3 is 2.13 bits per heavy atom. The number of para-hydroxylation sites is 1. The second kappa shape index (κ2) is 11.0. The molecule has 0 saturated carbocycles. The van der Waals surface area contributed by atoms with Crippen LogP contribution < -0.4 is 43.5 Å². The molecule has 0 radical (unpaired) electrons. The monoisotopic (exact) mass is 447 g/mol. The number of benzene rings is 3. The van der Waals surface area contributed by atoms with Crippen molar-refractivity contribution in [2.45, 2.75) is 0 Å². The first kappa shape index (κ1) is 24.5. The summed E-state index contributed by atoms with van der Waals surface area (Å²) in [4.78, 5) is 34.4. The van der Waals surface area contributed by atoms with Gasteiger partial charge in [-0.2, -0.15) is 0 Å². The largest absolute Gasteiger partial charge is 1.00 e. The average molecular weight is 447 g/mol. The Bertz CT molecular complexity index is 1130. The second-order valence-electron chi connectivity index (χ2n) is 6.02. The number of rotatable bonds is 8. The topological polar surface area (TPSA) is 119 Å². The Morgan fingerprint density at radius 1 is 0.903 bits per heavy atom. The van der Waals surface area contributed by atoms with E-state index in [2.05, 4.69) is 0 Å².